The Labute approximate surface area is 104 Å². The molecular formula is C10H16N4O2S. The van der Waals surface area contributed by atoms with E-state index in [1.807, 2.05) is 6.20 Å². The number of aromatic nitrogens is 1. The van der Waals surface area contributed by atoms with Crippen LogP contribution in [-0.2, 0) is 16.1 Å². The van der Waals surface area contributed by atoms with E-state index in [-0.39, 0.29) is 11.9 Å². The third kappa shape index (κ3) is 2.93. The molecule has 1 aromatic heterocycles. The van der Waals surface area contributed by atoms with Crippen molar-refractivity contribution in [2.45, 2.75) is 13.0 Å². The van der Waals surface area contributed by atoms with Crippen LogP contribution in [0.1, 0.15) is 11.3 Å². The zero-order valence-electron chi connectivity index (χ0n) is 9.68. The van der Waals surface area contributed by atoms with Crippen LogP contribution < -0.4 is 11.3 Å². The van der Waals surface area contributed by atoms with Crippen molar-refractivity contribution >= 4 is 22.4 Å². The highest BCUT2D eigenvalue weighted by Gasteiger charge is 2.29. The number of hydrogen-bond acceptors (Lipinski definition) is 7. The molecule has 0 aromatic carbocycles. The Morgan fingerprint density at radius 1 is 1.82 bits per heavy atom. The summed E-state index contributed by atoms with van der Waals surface area (Å²) in [6.45, 7) is 2.49. The number of carbonyl (C=O) groups excluding carboxylic acids is 1. The minimum absolute atomic E-state index is 0.0139. The van der Waals surface area contributed by atoms with Gasteiger partial charge >= 0.3 is 5.97 Å². The molecule has 7 heteroatoms. The quantitative estimate of drug-likeness (QED) is 0.462. The average Bonchev–Trinajstić information content (AvgIpc) is 2.97. The number of ether oxygens (including phenoxy) is 1. The number of hydrazine groups is 1. The van der Waals surface area contributed by atoms with E-state index in [0.29, 0.717) is 5.13 Å². The highest BCUT2D eigenvalue weighted by atomic mass is 32.1. The average molecular weight is 256 g/mol. The van der Waals surface area contributed by atoms with Crippen molar-refractivity contribution in [1.82, 2.24) is 9.88 Å². The summed E-state index contributed by atoms with van der Waals surface area (Å²) in [6, 6.07) is 0. The van der Waals surface area contributed by atoms with Crippen molar-refractivity contribution in [3.63, 3.8) is 0 Å². The van der Waals surface area contributed by atoms with Gasteiger partial charge < -0.3 is 4.74 Å². The molecule has 1 atom stereocenters. The van der Waals surface area contributed by atoms with Crippen molar-refractivity contribution in [2.75, 3.05) is 25.6 Å². The van der Waals surface area contributed by atoms with E-state index < -0.39 is 0 Å². The summed E-state index contributed by atoms with van der Waals surface area (Å²) in [7, 11) is 1.44. The van der Waals surface area contributed by atoms with Gasteiger partial charge in [0.05, 0.1) is 13.0 Å². The molecule has 0 saturated carbocycles. The Morgan fingerprint density at radius 3 is 3.29 bits per heavy atom. The number of hydrogen-bond donors (Lipinski definition) is 2. The number of anilines is 1. The van der Waals surface area contributed by atoms with E-state index in [1.165, 1.54) is 18.4 Å². The van der Waals surface area contributed by atoms with Crippen molar-refractivity contribution in [2.24, 2.45) is 11.8 Å². The van der Waals surface area contributed by atoms with E-state index in [2.05, 4.69) is 15.3 Å². The number of esters is 1. The summed E-state index contributed by atoms with van der Waals surface area (Å²) in [5, 5.41) is 0.712. The summed E-state index contributed by atoms with van der Waals surface area (Å²) < 4.78 is 4.75. The number of nitrogens with two attached hydrogens (primary N) is 1. The monoisotopic (exact) mass is 256 g/mol. The first-order valence-corrected chi connectivity index (χ1v) is 6.26. The zero-order valence-corrected chi connectivity index (χ0v) is 10.5. The van der Waals surface area contributed by atoms with Crippen LogP contribution in [0.2, 0.25) is 0 Å². The second kappa shape index (κ2) is 5.44. The van der Waals surface area contributed by atoms with Gasteiger partial charge in [-0.1, -0.05) is 11.3 Å². The fourth-order valence-corrected chi connectivity index (χ4v) is 2.77. The molecule has 0 amide bonds. The van der Waals surface area contributed by atoms with Gasteiger partial charge in [0.15, 0.2) is 5.13 Å². The largest absolute Gasteiger partial charge is 0.469 e. The van der Waals surface area contributed by atoms with Gasteiger partial charge in [0.2, 0.25) is 0 Å². The van der Waals surface area contributed by atoms with Gasteiger partial charge in [0.1, 0.15) is 0 Å². The molecule has 1 saturated heterocycles. The molecule has 1 fully saturated rings. The van der Waals surface area contributed by atoms with E-state index in [9.17, 15) is 4.79 Å². The fourth-order valence-electron chi connectivity index (χ4n) is 2.00. The second-order valence-corrected chi connectivity index (χ2v) is 5.14. The number of methoxy groups -OCH3 is 1. The van der Waals surface area contributed by atoms with Gasteiger partial charge in [-0.15, -0.1) is 0 Å². The standard InChI is InChI=1S/C10H16N4O2S/c1-16-9(15)7-2-3-14(5-7)6-8-4-12-10(13-11)17-8/h4,7H,2-3,5-6,11H2,1H3,(H,12,13). The zero-order chi connectivity index (χ0) is 12.3. The number of carbonyl (C=O) groups is 1. The molecular weight excluding hydrogens is 240 g/mol. The van der Waals surface area contributed by atoms with E-state index in [4.69, 9.17) is 10.6 Å². The Morgan fingerprint density at radius 2 is 2.65 bits per heavy atom. The predicted octanol–water partition coefficient (Wildman–Crippen LogP) is 0.424. The molecule has 1 unspecified atom stereocenters. The SMILES string of the molecule is COC(=O)C1CCN(Cc2cnc(NN)s2)C1. The van der Waals surface area contributed by atoms with Crippen molar-refractivity contribution < 1.29 is 9.53 Å². The summed E-state index contributed by atoms with van der Waals surface area (Å²) in [4.78, 5) is 18.9. The number of rotatable bonds is 4. The molecule has 94 valence electrons. The summed E-state index contributed by atoms with van der Waals surface area (Å²) in [5.74, 6) is 5.18. The van der Waals surface area contributed by atoms with Gasteiger partial charge in [-0.2, -0.15) is 0 Å². The summed E-state index contributed by atoms with van der Waals surface area (Å²) in [6.07, 6.45) is 2.68. The van der Waals surface area contributed by atoms with Crippen LogP contribution in [0.5, 0.6) is 0 Å². The van der Waals surface area contributed by atoms with Gasteiger partial charge in [-0.05, 0) is 13.0 Å². The molecule has 0 radical (unpaired) electrons. The fraction of sp³-hybridized carbons (Fsp3) is 0.600. The van der Waals surface area contributed by atoms with Gasteiger partial charge in [-0.25, -0.2) is 10.8 Å². The lowest BCUT2D eigenvalue weighted by atomic mass is 10.1. The smallest absolute Gasteiger partial charge is 0.310 e. The number of nitrogens with one attached hydrogen (secondary N) is 1. The molecule has 6 nitrogen and oxygen atoms in total. The highest BCUT2D eigenvalue weighted by molar-refractivity contribution is 7.15. The van der Waals surface area contributed by atoms with Crippen LogP contribution in [0.4, 0.5) is 5.13 Å². The van der Waals surface area contributed by atoms with Crippen LogP contribution in [0.25, 0.3) is 0 Å². The third-order valence-corrected chi connectivity index (χ3v) is 3.78. The summed E-state index contributed by atoms with van der Waals surface area (Å²) in [5.41, 5.74) is 2.52. The van der Waals surface area contributed by atoms with E-state index >= 15 is 0 Å². The summed E-state index contributed by atoms with van der Waals surface area (Å²) >= 11 is 1.53. The maximum absolute atomic E-state index is 11.4. The maximum Gasteiger partial charge on any atom is 0.310 e. The van der Waals surface area contributed by atoms with Crippen LogP contribution in [0.3, 0.4) is 0 Å². The van der Waals surface area contributed by atoms with Crippen LogP contribution >= 0.6 is 11.3 Å². The predicted molar refractivity (Wildman–Crippen MR) is 65.3 cm³/mol. The van der Waals surface area contributed by atoms with Crippen molar-refractivity contribution in [1.29, 1.82) is 0 Å². The maximum atomic E-state index is 11.4. The van der Waals surface area contributed by atoms with Gasteiger partial charge in [-0.3, -0.25) is 15.1 Å². The molecule has 2 heterocycles. The first-order chi connectivity index (χ1) is 8.22. The van der Waals surface area contributed by atoms with Crippen molar-refractivity contribution in [3.8, 4) is 0 Å². The lowest BCUT2D eigenvalue weighted by molar-refractivity contribution is -0.144. The third-order valence-electron chi connectivity index (χ3n) is 2.86. The first kappa shape index (κ1) is 12.3. The molecule has 17 heavy (non-hydrogen) atoms. The lowest BCUT2D eigenvalue weighted by Crippen LogP contribution is -2.23. The van der Waals surface area contributed by atoms with Gasteiger partial charge in [0, 0.05) is 24.2 Å². The molecule has 0 aliphatic carbocycles. The normalized spacial score (nSPS) is 20.5. The molecule has 2 rings (SSSR count). The second-order valence-electron chi connectivity index (χ2n) is 4.02. The number of nitrogens with zero attached hydrogens (tertiary/aromatic N) is 2. The Bertz CT molecular complexity index is 395. The van der Waals surface area contributed by atoms with Crippen molar-refractivity contribution in [3.05, 3.63) is 11.1 Å². The minimum Gasteiger partial charge on any atom is -0.469 e. The molecule has 1 aliphatic heterocycles. The Hall–Kier alpha value is -1.18. The highest BCUT2D eigenvalue weighted by Crippen LogP contribution is 2.23. The number of likely N-dealkylation sites (tertiary alicyclic amines) is 1. The van der Waals surface area contributed by atoms with E-state index in [0.717, 1.165) is 30.9 Å². The minimum atomic E-state index is -0.110. The van der Waals surface area contributed by atoms with Crippen LogP contribution in [0.15, 0.2) is 6.20 Å². The van der Waals surface area contributed by atoms with Crippen LogP contribution in [-0.4, -0.2) is 36.1 Å². The first-order valence-electron chi connectivity index (χ1n) is 5.44. The lowest BCUT2D eigenvalue weighted by Gasteiger charge is -2.13. The van der Waals surface area contributed by atoms with E-state index in [1.54, 1.807) is 0 Å². The number of nitrogen functional groups attached to an aromatic ring is 1. The molecule has 3 N–H and O–H groups in total. The Kier molecular flexibility index (Phi) is 3.93. The van der Waals surface area contributed by atoms with Gasteiger partial charge in [0.25, 0.3) is 0 Å². The molecule has 0 bridgehead atoms. The molecule has 1 aromatic rings. The topological polar surface area (TPSA) is 80.5 Å². The molecule has 0 spiro atoms. The Balaban J connectivity index is 1.87. The number of thiazole rings is 1. The van der Waals surface area contributed by atoms with Crippen LogP contribution in [0, 0.1) is 5.92 Å². The molecule has 1 aliphatic rings.